The van der Waals surface area contributed by atoms with E-state index in [-0.39, 0.29) is 12.5 Å². The number of aryl methyl sites for hydroxylation is 1. The highest BCUT2D eigenvalue weighted by atomic mass is 35.5. The number of amides is 2. The zero-order valence-corrected chi connectivity index (χ0v) is 12.5. The number of benzene rings is 1. The molecule has 1 atom stereocenters. The summed E-state index contributed by atoms with van der Waals surface area (Å²) in [5.41, 5.74) is 6.36. The molecule has 1 aliphatic heterocycles. The second-order valence-electron chi connectivity index (χ2n) is 5.08. The number of hydrogen-bond donors (Lipinski definition) is 1. The zero-order chi connectivity index (χ0) is 15.2. The van der Waals surface area contributed by atoms with Crippen LogP contribution in [0.25, 0.3) is 0 Å². The normalized spacial score (nSPS) is 18.5. The van der Waals surface area contributed by atoms with Gasteiger partial charge in [0.2, 0.25) is 11.8 Å². The first-order valence-electron chi connectivity index (χ1n) is 6.99. The fraction of sp³-hybridized carbons (Fsp3) is 0.467. The molecule has 0 bridgehead atoms. The van der Waals surface area contributed by atoms with Crippen LogP contribution in [0.1, 0.15) is 18.4 Å². The van der Waals surface area contributed by atoms with E-state index in [1.54, 1.807) is 4.90 Å². The van der Waals surface area contributed by atoms with Crippen molar-refractivity contribution in [3.63, 3.8) is 0 Å². The third-order valence-electron chi connectivity index (χ3n) is 3.51. The van der Waals surface area contributed by atoms with Crippen molar-refractivity contribution in [1.82, 2.24) is 4.90 Å². The van der Waals surface area contributed by atoms with Gasteiger partial charge in [-0.2, -0.15) is 0 Å². The molecule has 1 aromatic carbocycles. The van der Waals surface area contributed by atoms with Crippen molar-refractivity contribution in [3.8, 4) is 0 Å². The minimum atomic E-state index is -0.682. The second kappa shape index (κ2) is 7.43. The predicted octanol–water partition coefficient (Wildman–Crippen LogP) is 1.38. The molecule has 0 radical (unpaired) electrons. The van der Waals surface area contributed by atoms with Gasteiger partial charge in [0.1, 0.15) is 0 Å². The van der Waals surface area contributed by atoms with Crippen molar-refractivity contribution in [2.24, 2.45) is 5.73 Å². The van der Waals surface area contributed by atoms with Gasteiger partial charge in [0, 0.05) is 18.0 Å². The van der Waals surface area contributed by atoms with Gasteiger partial charge in [0.25, 0.3) is 0 Å². The SMILES string of the molecule is NC(=O)[C@@H]1CN(C(=O)CCCc2ccc(Cl)cc2)CCO1. The third kappa shape index (κ3) is 4.72. The molecule has 0 unspecified atom stereocenters. The molecule has 114 valence electrons. The molecule has 2 rings (SSSR count). The molecule has 21 heavy (non-hydrogen) atoms. The number of hydrogen-bond acceptors (Lipinski definition) is 3. The summed E-state index contributed by atoms with van der Waals surface area (Å²) >= 11 is 5.83. The number of morpholine rings is 1. The van der Waals surface area contributed by atoms with Crippen molar-refractivity contribution in [3.05, 3.63) is 34.9 Å². The fourth-order valence-corrected chi connectivity index (χ4v) is 2.43. The first kappa shape index (κ1) is 15.8. The molecule has 2 amide bonds. The zero-order valence-electron chi connectivity index (χ0n) is 11.8. The molecule has 0 aromatic heterocycles. The summed E-state index contributed by atoms with van der Waals surface area (Å²) in [5, 5.41) is 0.709. The Labute approximate surface area is 129 Å². The standard InChI is InChI=1S/C15H19ClN2O3/c16-12-6-4-11(5-7-12)2-1-3-14(19)18-8-9-21-13(10-18)15(17)20/h4-7,13H,1-3,8-10H2,(H2,17,20)/t13-/m0/s1. The van der Waals surface area contributed by atoms with Gasteiger partial charge in [-0.3, -0.25) is 9.59 Å². The van der Waals surface area contributed by atoms with E-state index in [9.17, 15) is 9.59 Å². The van der Waals surface area contributed by atoms with Gasteiger partial charge in [-0.25, -0.2) is 0 Å². The lowest BCUT2D eigenvalue weighted by Crippen LogP contribution is -2.50. The Morgan fingerprint density at radius 3 is 2.71 bits per heavy atom. The number of carbonyl (C=O) groups excluding carboxylic acids is 2. The van der Waals surface area contributed by atoms with Crippen LogP contribution >= 0.6 is 11.6 Å². The molecule has 0 saturated carbocycles. The minimum Gasteiger partial charge on any atom is -0.367 e. The second-order valence-corrected chi connectivity index (χ2v) is 5.52. The van der Waals surface area contributed by atoms with E-state index in [0.717, 1.165) is 18.4 Å². The van der Waals surface area contributed by atoms with Gasteiger partial charge < -0.3 is 15.4 Å². The lowest BCUT2D eigenvalue weighted by atomic mass is 10.1. The molecule has 1 aliphatic rings. The van der Waals surface area contributed by atoms with Crippen molar-refractivity contribution >= 4 is 23.4 Å². The highest BCUT2D eigenvalue weighted by Gasteiger charge is 2.27. The van der Waals surface area contributed by atoms with Gasteiger partial charge in [0.05, 0.1) is 13.2 Å². The molecule has 2 N–H and O–H groups in total. The molecule has 5 nitrogen and oxygen atoms in total. The van der Waals surface area contributed by atoms with E-state index < -0.39 is 12.0 Å². The molecule has 1 heterocycles. The van der Waals surface area contributed by atoms with E-state index in [1.165, 1.54) is 0 Å². The number of halogens is 1. The number of carbonyl (C=O) groups is 2. The van der Waals surface area contributed by atoms with Gasteiger partial charge in [-0.1, -0.05) is 23.7 Å². The van der Waals surface area contributed by atoms with Gasteiger partial charge in [-0.05, 0) is 30.5 Å². The van der Waals surface area contributed by atoms with Crippen molar-refractivity contribution < 1.29 is 14.3 Å². The predicted molar refractivity (Wildman–Crippen MR) is 79.9 cm³/mol. The summed E-state index contributed by atoms with van der Waals surface area (Å²) in [6.07, 6.45) is 1.36. The van der Waals surface area contributed by atoms with E-state index in [1.807, 2.05) is 24.3 Å². The van der Waals surface area contributed by atoms with E-state index in [4.69, 9.17) is 22.1 Å². The molecule has 1 aromatic rings. The third-order valence-corrected chi connectivity index (χ3v) is 3.76. The Morgan fingerprint density at radius 1 is 1.33 bits per heavy atom. The fourth-order valence-electron chi connectivity index (χ4n) is 2.30. The largest absolute Gasteiger partial charge is 0.367 e. The van der Waals surface area contributed by atoms with Gasteiger partial charge >= 0.3 is 0 Å². The summed E-state index contributed by atoms with van der Waals surface area (Å²) in [6, 6.07) is 7.62. The van der Waals surface area contributed by atoms with Gasteiger partial charge in [-0.15, -0.1) is 0 Å². The number of primary amides is 1. The molecule has 1 fully saturated rings. The van der Waals surface area contributed by atoms with Crippen LogP contribution in [-0.2, 0) is 20.7 Å². The first-order chi connectivity index (χ1) is 10.1. The van der Waals surface area contributed by atoms with Crippen molar-refractivity contribution in [2.45, 2.75) is 25.4 Å². The van der Waals surface area contributed by atoms with Crippen LogP contribution in [0.2, 0.25) is 5.02 Å². The maximum absolute atomic E-state index is 12.1. The smallest absolute Gasteiger partial charge is 0.248 e. The van der Waals surface area contributed by atoms with Crippen LogP contribution in [0.15, 0.2) is 24.3 Å². The molecular weight excluding hydrogens is 292 g/mol. The highest BCUT2D eigenvalue weighted by molar-refractivity contribution is 6.30. The Hall–Kier alpha value is -1.59. The minimum absolute atomic E-state index is 0.0403. The highest BCUT2D eigenvalue weighted by Crippen LogP contribution is 2.13. The van der Waals surface area contributed by atoms with Crippen LogP contribution in [0.5, 0.6) is 0 Å². The Bertz CT molecular complexity index is 504. The van der Waals surface area contributed by atoms with E-state index >= 15 is 0 Å². The molecule has 0 aliphatic carbocycles. The van der Waals surface area contributed by atoms with E-state index in [0.29, 0.717) is 24.6 Å². The maximum Gasteiger partial charge on any atom is 0.248 e. The lowest BCUT2D eigenvalue weighted by Gasteiger charge is -2.31. The van der Waals surface area contributed by atoms with E-state index in [2.05, 4.69) is 0 Å². The van der Waals surface area contributed by atoms with Crippen LogP contribution in [0.4, 0.5) is 0 Å². The monoisotopic (exact) mass is 310 g/mol. The number of nitrogens with zero attached hydrogens (tertiary/aromatic N) is 1. The van der Waals surface area contributed by atoms with Crippen LogP contribution < -0.4 is 5.73 Å². The summed E-state index contributed by atoms with van der Waals surface area (Å²) in [5.74, 6) is -0.479. The quantitative estimate of drug-likeness (QED) is 0.893. The lowest BCUT2D eigenvalue weighted by molar-refractivity contribution is -0.145. The van der Waals surface area contributed by atoms with Crippen LogP contribution in [0.3, 0.4) is 0 Å². The maximum atomic E-state index is 12.1. The average molecular weight is 311 g/mol. The molecular formula is C15H19ClN2O3. The summed E-state index contributed by atoms with van der Waals surface area (Å²) < 4.78 is 5.22. The molecule has 0 spiro atoms. The summed E-state index contributed by atoms with van der Waals surface area (Å²) in [6.45, 7) is 1.13. The Balaban J connectivity index is 1.76. The number of nitrogens with two attached hydrogens (primary N) is 1. The summed E-state index contributed by atoms with van der Waals surface area (Å²) in [7, 11) is 0. The van der Waals surface area contributed by atoms with Crippen LogP contribution in [-0.4, -0.2) is 42.5 Å². The molecule has 6 heteroatoms. The van der Waals surface area contributed by atoms with Crippen molar-refractivity contribution in [2.75, 3.05) is 19.7 Å². The number of ether oxygens (including phenoxy) is 1. The first-order valence-corrected chi connectivity index (χ1v) is 7.37. The summed E-state index contributed by atoms with van der Waals surface area (Å²) in [4.78, 5) is 24.9. The van der Waals surface area contributed by atoms with Crippen LogP contribution in [0, 0.1) is 0 Å². The molecule has 1 saturated heterocycles. The van der Waals surface area contributed by atoms with Gasteiger partial charge in [0.15, 0.2) is 6.10 Å². The topological polar surface area (TPSA) is 72.6 Å². The Morgan fingerprint density at radius 2 is 2.05 bits per heavy atom. The average Bonchev–Trinajstić information content (AvgIpc) is 2.49. The number of rotatable bonds is 5. The Kier molecular flexibility index (Phi) is 5.59. The van der Waals surface area contributed by atoms with Crippen molar-refractivity contribution in [1.29, 1.82) is 0 Å².